The predicted octanol–water partition coefficient (Wildman–Crippen LogP) is 1.23. The van der Waals surface area contributed by atoms with Gasteiger partial charge in [0, 0.05) is 4.91 Å². The van der Waals surface area contributed by atoms with Gasteiger partial charge in [-0.2, -0.15) is 0 Å². The van der Waals surface area contributed by atoms with E-state index in [-0.39, 0.29) is 12.2 Å². The molecule has 0 spiro atoms. The van der Waals surface area contributed by atoms with E-state index in [1.807, 2.05) is 0 Å². The van der Waals surface area contributed by atoms with Gasteiger partial charge in [0.15, 0.2) is 5.78 Å². The molecule has 0 aromatic rings. The lowest BCUT2D eigenvalue weighted by molar-refractivity contribution is -0.139. The van der Waals surface area contributed by atoms with Gasteiger partial charge in [0.1, 0.15) is 0 Å². The molecule has 0 bridgehead atoms. The second kappa shape index (κ2) is 3.37. The average molecular weight is 202 g/mol. The van der Waals surface area contributed by atoms with Crippen LogP contribution in [0.25, 0.3) is 0 Å². The highest BCUT2D eigenvalue weighted by Crippen LogP contribution is 2.34. The molecule has 3 nitrogen and oxygen atoms in total. The van der Waals surface area contributed by atoms with Gasteiger partial charge in [0.2, 0.25) is 0 Å². The lowest BCUT2D eigenvalue weighted by atomic mass is 10.0. The number of allylic oxidation sites excluding steroid dienone is 1. The molecule has 1 aliphatic rings. The first-order valence-electron chi connectivity index (χ1n) is 3.19. The molecule has 0 aromatic carbocycles. The molecule has 0 aliphatic carbocycles. The Morgan fingerprint density at radius 2 is 2.33 bits per heavy atom. The molecule has 1 aliphatic heterocycles. The summed E-state index contributed by atoms with van der Waals surface area (Å²) in [6.45, 7) is 3.48. The van der Waals surface area contributed by atoms with Crippen LogP contribution in [0.4, 0.5) is 0 Å². The average Bonchev–Trinajstić information content (AvgIpc) is 2.16. The monoisotopic (exact) mass is 202 g/mol. The summed E-state index contributed by atoms with van der Waals surface area (Å²) in [6.07, 6.45) is -0.219. The molecule has 1 N–H and O–H groups in total. The van der Waals surface area contributed by atoms with Crippen LogP contribution in [0.3, 0.4) is 0 Å². The molecule has 0 saturated carbocycles. The van der Waals surface area contributed by atoms with Gasteiger partial charge in [-0.25, -0.2) is 0 Å². The van der Waals surface area contributed by atoms with Crippen molar-refractivity contribution in [1.82, 2.24) is 0 Å². The molecular formula is C7H6O3S2. The van der Waals surface area contributed by atoms with E-state index in [2.05, 4.69) is 6.58 Å². The zero-order valence-electron chi connectivity index (χ0n) is 6.07. The minimum atomic E-state index is -1.01. The summed E-state index contributed by atoms with van der Waals surface area (Å²) in [5.41, 5.74) is 0. The summed E-state index contributed by atoms with van der Waals surface area (Å²) in [6, 6.07) is 0. The van der Waals surface area contributed by atoms with Gasteiger partial charge in [-0.1, -0.05) is 30.6 Å². The van der Waals surface area contributed by atoms with Crippen molar-refractivity contribution in [3.8, 4) is 0 Å². The first-order chi connectivity index (χ1) is 5.52. The molecule has 0 aromatic heterocycles. The fourth-order valence-electron chi connectivity index (χ4n) is 0.895. The Bertz CT molecular complexity index is 282. The highest BCUT2D eigenvalue weighted by atomic mass is 32.2. The fraction of sp³-hybridized carbons (Fsp3) is 0.286. The summed E-state index contributed by atoms with van der Waals surface area (Å²) in [5, 5.41) is 8.44. The van der Waals surface area contributed by atoms with Gasteiger partial charge in [-0.15, -0.1) is 0 Å². The van der Waals surface area contributed by atoms with Crippen molar-refractivity contribution in [3.63, 3.8) is 0 Å². The summed E-state index contributed by atoms with van der Waals surface area (Å²) >= 11 is 5.93. The van der Waals surface area contributed by atoms with Gasteiger partial charge in [0.25, 0.3) is 0 Å². The minimum absolute atomic E-state index is 0.219. The van der Waals surface area contributed by atoms with Crippen molar-refractivity contribution in [2.75, 3.05) is 0 Å². The number of rotatable bonds is 2. The highest BCUT2D eigenvalue weighted by Gasteiger charge is 2.35. The third-order valence-corrected chi connectivity index (χ3v) is 2.95. The van der Waals surface area contributed by atoms with E-state index >= 15 is 0 Å². The van der Waals surface area contributed by atoms with E-state index < -0.39 is 11.9 Å². The molecule has 1 unspecified atom stereocenters. The molecule has 5 heteroatoms. The van der Waals surface area contributed by atoms with Gasteiger partial charge in [0.05, 0.1) is 16.5 Å². The first kappa shape index (κ1) is 9.41. The largest absolute Gasteiger partial charge is 0.481 e. The maximum absolute atomic E-state index is 11.2. The highest BCUT2D eigenvalue weighted by molar-refractivity contribution is 8.27. The second-order valence-corrected chi connectivity index (χ2v) is 4.19. The van der Waals surface area contributed by atoms with Gasteiger partial charge >= 0.3 is 5.97 Å². The number of hydrogen-bond acceptors (Lipinski definition) is 4. The number of thiocarbonyl (C=S) groups is 1. The zero-order valence-corrected chi connectivity index (χ0v) is 7.70. The SMILES string of the molecule is C=C1SC(=S)C(CC(=O)O)C1=O. The summed E-state index contributed by atoms with van der Waals surface area (Å²) in [5.74, 6) is -1.89. The van der Waals surface area contributed by atoms with Crippen molar-refractivity contribution >= 4 is 39.9 Å². The van der Waals surface area contributed by atoms with Crippen LogP contribution in [0.5, 0.6) is 0 Å². The number of Topliss-reactive ketones (excluding diaryl/α,β-unsaturated/α-hetero) is 1. The van der Waals surface area contributed by atoms with Gasteiger partial charge < -0.3 is 5.11 Å². The first-order valence-corrected chi connectivity index (χ1v) is 4.41. The van der Waals surface area contributed by atoms with Crippen molar-refractivity contribution in [1.29, 1.82) is 0 Å². The standard InChI is InChI=1S/C7H6O3S2/c1-3-6(10)4(2-5(8)9)7(11)12-3/h4H,1-2H2,(H,8,9). The van der Waals surface area contributed by atoms with Crippen LogP contribution in [-0.4, -0.2) is 21.1 Å². The van der Waals surface area contributed by atoms with Crippen LogP contribution in [-0.2, 0) is 9.59 Å². The van der Waals surface area contributed by atoms with E-state index in [9.17, 15) is 9.59 Å². The van der Waals surface area contributed by atoms with Crippen molar-refractivity contribution < 1.29 is 14.7 Å². The number of carboxylic acid groups (broad SMARTS) is 1. The predicted molar refractivity (Wildman–Crippen MR) is 50.1 cm³/mol. The summed E-state index contributed by atoms with van der Waals surface area (Å²) in [7, 11) is 0. The van der Waals surface area contributed by atoms with E-state index in [4.69, 9.17) is 17.3 Å². The molecule has 64 valence electrons. The van der Waals surface area contributed by atoms with Crippen LogP contribution >= 0.6 is 24.0 Å². The summed E-state index contributed by atoms with van der Waals surface area (Å²) < 4.78 is 0.424. The molecule has 0 radical (unpaired) electrons. The fourth-order valence-corrected chi connectivity index (χ4v) is 2.21. The minimum Gasteiger partial charge on any atom is -0.481 e. The van der Waals surface area contributed by atoms with Crippen LogP contribution in [0.15, 0.2) is 11.5 Å². The van der Waals surface area contributed by atoms with Crippen molar-refractivity contribution in [3.05, 3.63) is 11.5 Å². The molecule has 1 fully saturated rings. The molecule has 12 heavy (non-hydrogen) atoms. The van der Waals surface area contributed by atoms with E-state index in [1.54, 1.807) is 0 Å². The van der Waals surface area contributed by atoms with Gasteiger partial charge in [-0.3, -0.25) is 9.59 Å². The van der Waals surface area contributed by atoms with Crippen molar-refractivity contribution in [2.24, 2.45) is 5.92 Å². The normalized spacial score (nSPS) is 23.3. The van der Waals surface area contributed by atoms with Crippen LogP contribution in [0.1, 0.15) is 6.42 Å². The Morgan fingerprint density at radius 3 is 2.67 bits per heavy atom. The quantitative estimate of drug-likeness (QED) is 0.539. The smallest absolute Gasteiger partial charge is 0.304 e. The maximum atomic E-state index is 11.2. The van der Waals surface area contributed by atoms with E-state index in [0.29, 0.717) is 9.10 Å². The Kier molecular flexibility index (Phi) is 2.64. The molecule has 1 heterocycles. The van der Waals surface area contributed by atoms with Gasteiger partial charge in [-0.05, 0) is 0 Å². The molecular weight excluding hydrogens is 196 g/mol. The number of carbonyl (C=O) groups excluding carboxylic acids is 1. The van der Waals surface area contributed by atoms with Crippen LogP contribution in [0, 0.1) is 5.92 Å². The third-order valence-electron chi connectivity index (χ3n) is 1.48. The Morgan fingerprint density at radius 1 is 1.75 bits per heavy atom. The Balaban J connectivity index is 2.77. The van der Waals surface area contributed by atoms with Crippen molar-refractivity contribution in [2.45, 2.75) is 6.42 Å². The number of carbonyl (C=O) groups is 2. The van der Waals surface area contributed by atoms with E-state index in [1.165, 1.54) is 0 Å². The number of carboxylic acids is 1. The third kappa shape index (κ3) is 1.73. The van der Waals surface area contributed by atoms with E-state index in [0.717, 1.165) is 11.8 Å². The maximum Gasteiger partial charge on any atom is 0.304 e. The lowest BCUT2D eigenvalue weighted by Crippen LogP contribution is -2.17. The second-order valence-electron chi connectivity index (χ2n) is 2.36. The zero-order chi connectivity index (χ0) is 9.30. The number of ketones is 1. The lowest BCUT2D eigenvalue weighted by Gasteiger charge is -2.00. The molecule has 1 saturated heterocycles. The number of aliphatic carboxylic acids is 1. The molecule has 1 rings (SSSR count). The number of thioether (sulfide) groups is 1. The molecule has 0 amide bonds. The Hall–Kier alpha value is -0.680. The van der Waals surface area contributed by atoms with Crippen LogP contribution in [0.2, 0.25) is 0 Å². The molecule has 1 atom stereocenters. The number of hydrogen-bond donors (Lipinski definition) is 1. The summed E-state index contributed by atoms with van der Waals surface area (Å²) in [4.78, 5) is 21.8. The van der Waals surface area contributed by atoms with Crippen LogP contribution < -0.4 is 0 Å². The topological polar surface area (TPSA) is 54.4 Å². The Labute approximate surface area is 78.8 Å².